The molecule has 0 bridgehead atoms. The van der Waals surface area contributed by atoms with Crippen molar-refractivity contribution in [3.8, 4) is 17.2 Å². The van der Waals surface area contributed by atoms with Crippen LogP contribution in [0.25, 0.3) is 0 Å². The van der Waals surface area contributed by atoms with Crippen LogP contribution in [0.3, 0.4) is 0 Å². The zero-order valence-corrected chi connectivity index (χ0v) is 20.6. The maximum Gasteiger partial charge on any atom is 0.239 e. The molecule has 2 aromatic carbocycles. The number of nitrogens with zero attached hydrogens (tertiary/aromatic N) is 1. The van der Waals surface area contributed by atoms with E-state index in [1.807, 2.05) is 55.5 Å². The summed E-state index contributed by atoms with van der Waals surface area (Å²) in [5, 5.41) is 9.00. The zero-order chi connectivity index (χ0) is 21.8. The summed E-state index contributed by atoms with van der Waals surface area (Å²) < 4.78 is 16.3. The molecular weight excluding hydrogens is 511 g/mol. The van der Waals surface area contributed by atoms with Crippen molar-refractivity contribution in [3.63, 3.8) is 0 Å². The van der Waals surface area contributed by atoms with Gasteiger partial charge in [0, 0.05) is 13.6 Å². The number of amides is 1. The summed E-state index contributed by atoms with van der Waals surface area (Å²) in [5.74, 6) is 2.53. The lowest BCUT2D eigenvalue weighted by molar-refractivity contribution is -0.120. The number of methoxy groups -OCH3 is 2. The first-order chi connectivity index (χ1) is 14.5. The number of nitrogens with one attached hydrogen (secondary N) is 3. The molecule has 0 aliphatic heterocycles. The van der Waals surface area contributed by atoms with Crippen LogP contribution in [0.4, 0.5) is 0 Å². The van der Waals surface area contributed by atoms with Gasteiger partial charge < -0.3 is 30.2 Å². The van der Waals surface area contributed by atoms with Gasteiger partial charge in [0.1, 0.15) is 11.9 Å². The zero-order valence-electron chi connectivity index (χ0n) is 18.3. The first kappa shape index (κ1) is 26.3. The molecule has 0 aromatic heterocycles. The molecule has 3 N–H and O–H groups in total. The van der Waals surface area contributed by atoms with Crippen LogP contribution >= 0.6 is 24.0 Å². The summed E-state index contributed by atoms with van der Waals surface area (Å²) in [6.45, 7) is 3.00. The predicted octanol–water partition coefficient (Wildman–Crippen LogP) is 2.57. The maximum absolute atomic E-state index is 12.1. The molecule has 1 atom stereocenters. The Labute approximate surface area is 200 Å². The Hall–Kier alpha value is -2.69. The van der Waals surface area contributed by atoms with Gasteiger partial charge in [0.25, 0.3) is 0 Å². The number of rotatable bonds is 10. The quantitative estimate of drug-likeness (QED) is 0.243. The second-order valence-corrected chi connectivity index (χ2v) is 6.51. The minimum Gasteiger partial charge on any atom is -0.497 e. The highest BCUT2D eigenvalue weighted by Crippen LogP contribution is 2.26. The molecule has 0 saturated carbocycles. The Kier molecular flexibility index (Phi) is 12.2. The van der Waals surface area contributed by atoms with Gasteiger partial charge in [0.15, 0.2) is 17.5 Å². The van der Waals surface area contributed by atoms with Gasteiger partial charge in [0.05, 0.1) is 27.3 Å². The van der Waals surface area contributed by atoms with Gasteiger partial charge in [-0.15, -0.1) is 24.0 Å². The third kappa shape index (κ3) is 9.33. The fourth-order valence-corrected chi connectivity index (χ4v) is 2.61. The van der Waals surface area contributed by atoms with Crippen molar-refractivity contribution >= 4 is 35.8 Å². The highest BCUT2D eigenvalue weighted by Gasteiger charge is 2.10. The van der Waals surface area contributed by atoms with E-state index in [9.17, 15) is 4.79 Å². The van der Waals surface area contributed by atoms with Crippen LogP contribution < -0.4 is 30.2 Å². The number of carbonyl (C=O) groups excluding carboxylic acids is 1. The van der Waals surface area contributed by atoms with Crippen LogP contribution in [-0.4, -0.2) is 52.3 Å². The van der Waals surface area contributed by atoms with Gasteiger partial charge in [-0.3, -0.25) is 9.79 Å². The Morgan fingerprint density at radius 2 is 1.65 bits per heavy atom. The van der Waals surface area contributed by atoms with Gasteiger partial charge in [-0.2, -0.15) is 0 Å². The third-order valence-electron chi connectivity index (χ3n) is 4.24. The lowest BCUT2D eigenvalue weighted by Crippen LogP contribution is -2.45. The van der Waals surface area contributed by atoms with Gasteiger partial charge in [-0.25, -0.2) is 0 Å². The van der Waals surface area contributed by atoms with E-state index in [4.69, 9.17) is 14.2 Å². The standard InChI is InChI=1S/C22H30N4O4.HI/c1-16(30-20-8-6-5-7-19(20)29-4)13-25-22(23-2)26-15-21(27)24-14-17-9-11-18(28-3)12-10-17;/h5-12,16H,13-15H2,1-4H3,(H,24,27)(H2,23,25,26);1H. The molecule has 0 radical (unpaired) electrons. The summed E-state index contributed by atoms with van der Waals surface area (Å²) in [7, 11) is 4.88. The van der Waals surface area contributed by atoms with Crippen LogP contribution in [0, 0.1) is 0 Å². The van der Waals surface area contributed by atoms with E-state index in [0.29, 0.717) is 30.5 Å². The molecule has 0 spiro atoms. The van der Waals surface area contributed by atoms with Crippen molar-refractivity contribution in [1.82, 2.24) is 16.0 Å². The number of carbonyl (C=O) groups is 1. The molecule has 2 rings (SSSR count). The van der Waals surface area contributed by atoms with Crippen molar-refractivity contribution < 1.29 is 19.0 Å². The molecule has 0 aliphatic rings. The number of hydrogen-bond donors (Lipinski definition) is 3. The minimum absolute atomic E-state index is 0. The molecule has 0 saturated heterocycles. The van der Waals surface area contributed by atoms with Crippen molar-refractivity contribution in [1.29, 1.82) is 0 Å². The summed E-state index contributed by atoms with van der Waals surface area (Å²) >= 11 is 0. The number of aliphatic imine (C=N–C) groups is 1. The highest BCUT2D eigenvalue weighted by atomic mass is 127. The Morgan fingerprint density at radius 3 is 2.26 bits per heavy atom. The van der Waals surface area contributed by atoms with E-state index in [2.05, 4.69) is 20.9 Å². The minimum atomic E-state index is -0.135. The molecule has 0 aliphatic carbocycles. The van der Waals surface area contributed by atoms with E-state index < -0.39 is 0 Å². The Morgan fingerprint density at radius 1 is 0.968 bits per heavy atom. The molecule has 31 heavy (non-hydrogen) atoms. The smallest absolute Gasteiger partial charge is 0.239 e. The van der Waals surface area contributed by atoms with Gasteiger partial charge in [-0.05, 0) is 36.8 Å². The van der Waals surface area contributed by atoms with E-state index in [0.717, 1.165) is 11.3 Å². The van der Waals surface area contributed by atoms with Crippen LogP contribution in [-0.2, 0) is 11.3 Å². The number of hydrogen-bond acceptors (Lipinski definition) is 5. The molecule has 0 fully saturated rings. The Bertz CT molecular complexity index is 831. The van der Waals surface area contributed by atoms with E-state index in [-0.39, 0.29) is 42.5 Å². The number of guanidine groups is 1. The normalized spacial score (nSPS) is 11.5. The average molecular weight is 542 g/mol. The largest absolute Gasteiger partial charge is 0.497 e. The lowest BCUT2D eigenvalue weighted by Gasteiger charge is -2.19. The molecule has 0 heterocycles. The Balaban J connectivity index is 0.00000480. The SMILES string of the molecule is CN=C(NCC(=O)NCc1ccc(OC)cc1)NCC(C)Oc1ccccc1OC.I. The van der Waals surface area contributed by atoms with Crippen molar-refractivity contribution in [3.05, 3.63) is 54.1 Å². The van der Waals surface area contributed by atoms with E-state index in [1.165, 1.54) is 0 Å². The van der Waals surface area contributed by atoms with Gasteiger partial charge in [0.2, 0.25) is 5.91 Å². The van der Waals surface area contributed by atoms with Crippen molar-refractivity contribution in [2.24, 2.45) is 4.99 Å². The van der Waals surface area contributed by atoms with Crippen molar-refractivity contribution in [2.75, 3.05) is 34.4 Å². The molecular formula is C22H31IN4O4. The number of ether oxygens (including phenoxy) is 3. The molecule has 2 aromatic rings. The average Bonchev–Trinajstić information content (AvgIpc) is 2.78. The molecule has 170 valence electrons. The summed E-state index contributed by atoms with van der Waals surface area (Å²) in [5.41, 5.74) is 0.994. The fourth-order valence-electron chi connectivity index (χ4n) is 2.61. The van der Waals surface area contributed by atoms with Crippen LogP contribution in [0.2, 0.25) is 0 Å². The molecule has 8 nitrogen and oxygen atoms in total. The van der Waals surface area contributed by atoms with Gasteiger partial charge >= 0.3 is 0 Å². The molecule has 9 heteroatoms. The highest BCUT2D eigenvalue weighted by molar-refractivity contribution is 14.0. The molecule has 1 amide bonds. The third-order valence-corrected chi connectivity index (χ3v) is 4.24. The summed E-state index contributed by atoms with van der Waals surface area (Å²) in [6.07, 6.45) is -0.135. The van der Waals surface area contributed by atoms with E-state index >= 15 is 0 Å². The maximum atomic E-state index is 12.1. The van der Waals surface area contributed by atoms with Crippen LogP contribution in [0.5, 0.6) is 17.2 Å². The first-order valence-electron chi connectivity index (χ1n) is 9.69. The van der Waals surface area contributed by atoms with Crippen LogP contribution in [0.15, 0.2) is 53.5 Å². The van der Waals surface area contributed by atoms with E-state index in [1.54, 1.807) is 21.3 Å². The van der Waals surface area contributed by atoms with Crippen molar-refractivity contribution in [2.45, 2.75) is 19.6 Å². The second-order valence-electron chi connectivity index (χ2n) is 6.51. The second kappa shape index (κ2) is 14.3. The summed E-state index contributed by atoms with van der Waals surface area (Å²) in [4.78, 5) is 16.2. The predicted molar refractivity (Wildman–Crippen MR) is 133 cm³/mol. The number of para-hydroxylation sites is 2. The fraction of sp³-hybridized carbons (Fsp3) is 0.364. The van der Waals surface area contributed by atoms with Crippen LogP contribution in [0.1, 0.15) is 12.5 Å². The topological polar surface area (TPSA) is 93.2 Å². The molecule has 1 unspecified atom stereocenters. The van der Waals surface area contributed by atoms with Gasteiger partial charge in [-0.1, -0.05) is 24.3 Å². The lowest BCUT2D eigenvalue weighted by atomic mass is 10.2. The number of halogens is 1. The summed E-state index contributed by atoms with van der Waals surface area (Å²) in [6, 6.07) is 15.0. The number of benzene rings is 2. The first-order valence-corrected chi connectivity index (χ1v) is 9.69. The monoisotopic (exact) mass is 542 g/mol.